The van der Waals surface area contributed by atoms with Gasteiger partial charge in [-0.05, 0) is 28.3 Å². The van der Waals surface area contributed by atoms with Crippen LogP contribution in [0.4, 0.5) is 0 Å². The molecule has 1 amide bonds. The Kier molecular flexibility index (Phi) is 5.89. The second kappa shape index (κ2) is 8.32. The Morgan fingerprint density at radius 1 is 1.46 bits per heavy atom. The van der Waals surface area contributed by atoms with Crippen molar-refractivity contribution >= 4 is 17.2 Å². The summed E-state index contributed by atoms with van der Waals surface area (Å²) in [7, 11) is 0. The Bertz CT molecular complexity index is 638. The molecule has 1 atom stereocenters. The molecular formula is C15H22N6O2S. The number of carbonyl (C=O) groups is 1. The van der Waals surface area contributed by atoms with Crippen LogP contribution in [0, 0.1) is 0 Å². The van der Waals surface area contributed by atoms with Gasteiger partial charge in [0, 0.05) is 18.0 Å². The van der Waals surface area contributed by atoms with E-state index >= 15 is 0 Å². The molecule has 0 saturated carbocycles. The van der Waals surface area contributed by atoms with Crippen LogP contribution in [0.5, 0.6) is 0 Å². The van der Waals surface area contributed by atoms with Crippen molar-refractivity contribution in [1.82, 2.24) is 30.4 Å². The van der Waals surface area contributed by atoms with Crippen LogP contribution >= 0.6 is 11.3 Å². The third-order valence-electron chi connectivity index (χ3n) is 4.00. The first-order valence-electron chi connectivity index (χ1n) is 8.14. The zero-order chi connectivity index (χ0) is 16.8. The van der Waals surface area contributed by atoms with Gasteiger partial charge in [-0.25, -0.2) is 4.68 Å². The topological polar surface area (TPSA) is 85.2 Å². The van der Waals surface area contributed by atoms with E-state index in [0.29, 0.717) is 12.4 Å². The molecule has 0 aromatic carbocycles. The van der Waals surface area contributed by atoms with Gasteiger partial charge in [0.15, 0.2) is 5.82 Å². The van der Waals surface area contributed by atoms with E-state index in [2.05, 4.69) is 32.7 Å². The third-order valence-corrected chi connectivity index (χ3v) is 4.98. The van der Waals surface area contributed by atoms with E-state index < -0.39 is 0 Å². The summed E-state index contributed by atoms with van der Waals surface area (Å²) in [5.74, 6) is 0.627. The van der Waals surface area contributed by atoms with Crippen molar-refractivity contribution < 1.29 is 9.53 Å². The normalized spacial score (nSPS) is 16.9. The molecule has 0 spiro atoms. The van der Waals surface area contributed by atoms with Crippen molar-refractivity contribution in [2.75, 3.05) is 26.3 Å². The molecule has 1 aliphatic rings. The molecule has 1 unspecified atom stereocenters. The van der Waals surface area contributed by atoms with Crippen LogP contribution in [0.25, 0.3) is 0 Å². The monoisotopic (exact) mass is 350 g/mol. The highest BCUT2D eigenvalue weighted by atomic mass is 32.1. The van der Waals surface area contributed by atoms with Crippen LogP contribution in [-0.2, 0) is 22.6 Å². The molecule has 1 saturated heterocycles. The van der Waals surface area contributed by atoms with Gasteiger partial charge in [-0.15, -0.1) is 16.4 Å². The van der Waals surface area contributed by atoms with E-state index in [0.717, 1.165) is 37.6 Å². The average molecular weight is 350 g/mol. The number of rotatable bonds is 7. The second-order valence-electron chi connectivity index (χ2n) is 5.69. The summed E-state index contributed by atoms with van der Waals surface area (Å²) >= 11 is 1.65. The largest absolute Gasteiger partial charge is 0.379 e. The molecule has 3 rings (SSSR count). The highest BCUT2D eigenvalue weighted by Crippen LogP contribution is 2.21. The Hall–Kier alpha value is -1.84. The summed E-state index contributed by atoms with van der Waals surface area (Å²) in [5, 5.41) is 16.8. The number of thiophene rings is 1. The molecule has 24 heavy (non-hydrogen) atoms. The van der Waals surface area contributed by atoms with E-state index in [-0.39, 0.29) is 18.5 Å². The highest BCUT2D eigenvalue weighted by Gasteiger charge is 2.18. The van der Waals surface area contributed by atoms with Crippen LogP contribution in [-0.4, -0.2) is 57.3 Å². The number of hydrogen-bond acceptors (Lipinski definition) is 7. The minimum Gasteiger partial charge on any atom is -0.379 e. The summed E-state index contributed by atoms with van der Waals surface area (Å²) in [6.07, 6.45) is 0.850. The van der Waals surface area contributed by atoms with E-state index in [4.69, 9.17) is 4.74 Å². The fourth-order valence-corrected chi connectivity index (χ4v) is 3.52. The number of morpholine rings is 1. The highest BCUT2D eigenvalue weighted by molar-refractivity contribution is 7.10. The third kappa shape index (κ3) is 4.37. The number of aromatic nitrogens is 4. The van der Waals surface area contributed by atoms with Crippen molar-refractivity contribution in [3.63, 3.8) is 0 Å². The fourth-order valence-electron chi connectivity index (χ4n) is 2.66. The maximum absolute atomic E-state index is 12.4. The van der Waals surface area contributed by atoms with Gasteiger partial charge in [0.25, 0.3) is 0 Å². The first-order chi connectivity index (χ1) is 11.8. The first kappa shape index (κ1) is 17.0. The lowest BCUT2D eigenvalue weighted by Gasteiger charge is -2.25. The molecule has 130 valence electrons. The lowest BCUT2D eigenvalue weighted by molar-refractivity contribution is -0.122. The zero-order valence-electron chi connectivity index (χ0n) is 13.7. The molecule has 1 fully saturated rings. The van der Waals surface area contributed by atoms with Crippen LogP contribution in [0.15, 0.2) is 17.5 Å². The van der Waals surface area contributed by atoms with Gasteiger partial charge in [0.2, 0.25) is 5.91 Å². The van der Waals surface area contributed by atoms with Crippen LogP contribution in [0.1, 0.15) is 30.1 Å². The van der Waals surface area contributed by atoms with Crippen LogP contribution in [0.2, 0.25) is 0 Å². The first-order valence-corrected chi connectivity index (χ1v) is 9.02. The number of hydrogen-bond donors (Lipinski definition) is 1. The zero-order valence-corrected chi connectivity index (χ0v) is 14.5. The molecule has 9 heteroatoms. The number of tetrazole rings is 1. The predicted octanol–water partition coefficient (Wildman–Crippen LogP) is 0.834. The van der Waals surface area contributed by atoms with Gasteiger partial charge < -0.3 is 10.1 Å². The number of ether oxygens (including phenoxy) is 1. The van der Waals surface area contributed by atoms with Crippen molar-refractivity contribution in [2.45, 2.75) is 32.5 Å². The quantitative estimate of drug-likeness (QED) is 0.796. The van der Waals surface area contributed by atoms with E-state index in [9.17, 15) is 4.79 Å². The minimum absolute atomic E-state index is 0.0386. The predicted molar refractivity (Wildman–Crippen MR) is 89.4 cm³/mol. The lowest BCUT2D eigenvalue weighted by atomic mass is 10.2. The molecule has 0 aliphatic carbocycles. The molecule has 0 bridgehead atoms. The van der Waals surface area contributed by atoms with Gasteiger partial charge in [-0.1, -0.05) is 13.0 Å². The summed E-state index contributed by atoms with van der Waals surface area (Å²) in [6.45, 7) is 5.98. The van der Waals surface area contributed by atoms with Gasteiger partial charge in [0.1, 0.15) is 6.54 Å². The molecule has 3 heterocycles. The van der Waals surface area contributed by atoms with Gasteiger partial charge in [-0.2, -0.15) is 0 Å². The smallest absolute Gasteiger partial charge is 0.242 e. The van der Waals surface area contributed by atoms with Crippen molar-refractivity contribution in [2.24, 2.45) is 0 Å². The Morgan fingerprint density at radius 3 is 3.00 bits per heavy atom. The Balaban J connectivity index is 1.57. The van der Waals surface area contributed by atoms with E-state index in [1.165, 1.54) is 0 Å². The number of carbonyl (C=O) groups excluding carboxylic acids is 1. The molecule has 2 aromatic rings. The summed E-state index contributed by atoms with van der Waals surface area (Å²) in [5.41, 5.74) is 0. The standard InChI is InChI=1S/C15H22N6O2S/c1-2-12(13-4-3-9-24-13)16-15(22)11-21-14(17-18-19-21)10-20-5-7-23-8-6-20/h3-4,9,12H,2,5-8,10-11H2,1H3,(H,16,22). The van der Waals surface area contributed by atoms with E-state index in [1.54, 1.807) is 16.0 Å². The number of nitrogens with zero attached hydrogens (tertiary/aromatic N) is 5. The summed E-state index contributed by atoms with van der Waals surface area (Å²) in [4.78, 5) is 15.8. The molecular weight excluding hydrogens is 328 g/mol. The number of amides is 1. The maximum Gasteiger partial charge on any atom is 0.242 e. The molecule has 1 N–H and O–H groups in total. The van der Waals surface area contributed by atoms with E-state index in [1.807, 2.05) is 17.5 Å². The van der Waals surface area contributed by atoms with Crippen molar-refractivity contribution in [3.8, 4) is 0 Å². The Labute approximate surface area is 144 Å². The molecule has 8 nitrogen and oxygen atoms in total. The second-order valence-corrected chi connectivity index (χ2v) is 6.66. The van der Waals surface area contributed by atoms with Gasteiger partial charge in [0.05, 0.1) is 25.8 Å². The van der Waals surface area contributed by atoms with Gasteiger partial charge >= 0.3 is 0 Å². The van der Waals surface area contributed by atoms with Crippen molar-refractivity contribution in [1.29, 1.82) is 0 Å². The van der Waals surface area contributed by atoms with Crippen LogP contribution < -0.4 is 5.32 Å². The fraction of sp³-hybridized carbons (Fsp3) is 0.600. The average Bonchev–Trinajstić information content (AvgIpc) is 3.26. The summed E-state index contributed by atoms with van der Waals surface area (Å²) in [6, 6.07) is 4.08. The SMILES string of the molecule is CCC(NC(=O)Cn1nnnc1CN1CCOCC1)c1cccs1. The number of nitrogens with one attached hydrogen (secondary N) is 1. The molecule has 0 radical (unpaired) electrons. The van der Waals surface area contributed by atoms with Crippen molar-refractivity contribution in [3.05, 3.63) is 28.2 Å². The minimum atomic E-state index is -0.0780. The maximum atomic E-state index is 12.4. The van der Waals surface area contributed by atoms with Crippen LogP contribution in [0.3, 0.4) is 0 Å². The lowest BCUT2D eigenvalue weighted by Crippen LogP contribution is -2.37. The van der Waals surface area contributed by atoms with Gasteiger partial charge in [-0.3, -0.25) is 9.69 Å². The summed E-state index contributed by atoms with van der Waals surface area (Å²) < 4.78 is 6.92. The Morgan fingerprint density at radius 2 is 2.29 bits per heavy atom. The molecule has 1 aliphatic heterocycles. The molecule has 2 aromatic heterocycles.